The second-order valence-electron chi connectivity index (χ2n) is 14.4. The molecule has 2 aliphatic heterocycles. The van der Waals surface area contributed by atoms with Gasteiger partial charge in [-0.25, -0.2) is 9.79 Å². The van der Waals surface area contributed by atoms with Crippen molar-refractivity contribution < 1.29 is 48.8 Å². The van der Waals surface area contributed by atoms with E-state index in [1.807, 2.05) is 107 Å². The minimum Gasteiger partial charge on any atom is -0.548 e. The normalized spacial score (nSPS) is 19.2. The molecule has 0 radical (unpaired) electrons. The van der Waals surface area contributed by atoms with Gasteiger partial charge in [0, 0.05) is 80.1 Å². The number of carboxylic acids is 1. The summed E-state index contributed by atoms with van der Waals surface area (Å²) in [5.41, 5.74) is 5.24. The molecule has 0 aliphatic carbocycles. The average molecular weight is 870 g/mol. The first-order valence-corrected chi connectivity index (χ1v) is 22.4. The van der Waals surface area contributed by atoms with Crippen LogP contribution in [0.25, 0.3) is 18.2 Å². The number of carbonyl (C=O) groups excluding carboxylic acids is 4. The second kappa shape index (κ2) is 23.9. The first kappa shape index (κ1) is 46.4. The summed E-state index contributed by atoms with van der Waals surface area (Å²) in [6.07, 6.45) is 15.9. The van der Waals surface area contributed by atoms with E-state index in [9.17, 15) is 34.5 Å². The number of carbonyl (C=O) groups is 4. The molecule has 5 rings (SSSR count). The summed E-state index contributed by atoms with van der Waals surface area (Å²) in [4.78, 5) is 54.8. The van der Waals surface area contributed by atoms with Crippen molar-refractivity contribution in [3.8, 4) is 0 Å². The molecular weight excluding hydrogens is 817 g/mol. The zero-order valence-corrected chi connectivity index (χ0v) is 35.7. The van der Waals surface area contributed by atoms with Crippen LogP contribution in [-0.2, 0) is 30.5 Å². The zero-order chi connectivity index (χ0) is 43.6. The highest BCUT2D eigenvalue weighted by atomic mass is 33.1. The number of aliphatic carboxylic acids is 1. The number of esters is 1. The topological polar surface area (TPSA) is 189 Å². The van der Waals surface area contributed by atoms with Gasteiger partial charge in [0.25, 0.3) is 11.8 Å². The van der Waals surface area contributed by atoms with E-state index >= 15 is 0 Å². The molecule has 14 nitrogen and oxygen atoms in total. The molecule has 16 heteroatoms. The van der Waals surface area contributed by atoms with E-state index in [0.29, 0.717) is 31.7 Å². The van der Waals surface area contributed by atoms with Crippen molar-refractivity contribution in [2.45, 2.75) is 43.7 Å². The van der Waals surface area contributed by atoms with Gasteiger partial charge in [0.1, 0.15) is 6.04 Å². The molecule has 0 saturated carbocycles. The highest BCUT2D eigenvalue weighted by molar-refractivity contribution is 8.76. The Morgan fingerprint density at radius 2 is 1.34 bits per heavy atom. The number of amides is 2. The molecule has 4 unspecified atom stereocenters. The van der Waals surface area contributed by atoms with E-state index in [-0.39, 0.29) is 43.8 Å². The predicted molar refractivity (Wildman–Crippen MR) is 239 cm³/mol. The van der Waals surface area contributed by atoms with E-state index in [4.69, 9.17) is 4.74 Å². The Morgan fingerprint density at radius 1 is 0.820 bits per heavy atom. The molecule has 61 heavy (non-hydrogen) atoms. The number of aliphatic hydroxyl groups is 2. The van der Waals surface area contributed by atoms with Gasteiger partial charge < -0.3 is 45.3 Å². The lowest BCUT2D eigenvalue weighted by molar-refractivity contribution is -0.684. The van der Waals surface area contributed by atoms with Crippen LogP contribution in [0.15, 0.2) is 103 Å². The lowest BCUT2D eigenvalue weighted by atomic mass is 10.1. The summed E-state index contributed by atoms with van der Waals surface area (Å²) in [5, 5.41) is 37.2. The van der Waals surface area contributed by atoms with Crippen LogP contribution in [0.3, 0.4) is 0 Å². The Kier molecular flexibility index (Phi) is 18.2. The van der Waals surface area contributed by atoms with Crippen molar-refractivity contribution in [3.63, 3.8) is 0 Å². The Hall–Kier alpha value is -5.68. The number of aromatic nitrogens is 1. The smallest absolute Gasteiger partial charge is 0.328 e. The number of hydrogen-bond acceptors (Lipinski definition) is 12. The molecule has 2 saturated heterocycles. The Labute approximate surface area is 364 Å². The fraction of sp³-hybridized carbons (Fsp3) is 0.333. The van der Waals surface area contributed by atoms with Gasteiger partial charge in [-0.1, -0.05) is 82.8 Å². The largest absolute Gasteiger partial charge is 0.548 e. The molecule has 4 atom stereocenters. The average Bonchev–Trinajstić information content (AvgIpc) is 3.86. The van der Waals surface area contributed by atoms with Gasteiger partial charge in [0.2, 0.25) is 13.1 Å². The number of β-amino-alcohol motifs (C(OH)–C–C–N with tert-alkyl or cyclic N) is 2. The quantitative estimate of drug-likeness (QED) is 0.0250. The maximum atomic E-state index is 12.5. The van der Waals surface area contributed by atoms with Crippen molar-refractivity contribution in [1.29, 1.82) is 0 Å². The number of allylic oxidation sites excluding steroid dienone is 4. The number of nitrogens with zero attached hydrogens (tertiary/aromatic N) is 3. The molecular formula is C45H53N6O8S2+. The van der Waals surface area contributed by atoms with Crippen LogP contribution in [0.4, 0.5) is 11.4 Å². The van der Waals surface area contributed by atoms with E-state index in [2.05, 4.69) is 22.2 Å². The summed E-state index contributed by atoms with van der Waals surface area (Å²) >= 11 is 0. The first-order valence-electron chi connectivity index (χ1n) is 19.9. The third-order valence-corrected chi connectivity index (χ3v) is 12.3. The van der Waals surface area contributed by atoms with Gasteiger partial charge in [0.05, 0.1) is 31.3 Å². The number of pyridine rings is 1. The Morgan fingerprint density at radius 3 is 1.90 bits per heavy atom. The van der Waals surface area contributed by atoms with Crippen molar-refractivity contribution in [2.75, 3.05) is 61.1 Å². The van der Waals surface area contributed by atoms with Gasteiger partial charge in [-0.3, -0.25) is 9.59 Å². The van der Waals surface area contributed by atoms with Gasteiger partial charge in [-0.15, -0.1) is 0 Å². The van der Waals surface area contributed by atoms with Crippen LogP contribution in [0.2, 0.25) is 0 Å². The first-order chi connectivity index (χ1) is 29.5. The maximum Gasteiger partial charge on any atom is 0.328 e. The van der Waals surface area contributed by atoms with E-state index < -0.39 is 30.3 Å². The lowest BCUT2D eigenvalue weighted by Gasteiger charge is -2.27. The minimum atomic E-state index is -1.20. The highest BCUT2D eigenvalue weighted by Crippen LogP contribution is 2.28. The minimum absolute atomic E-state index is 0.0797. The van der Waals surface area contributed by atoms with Crippen molar-refractivity contribution in [2.24, 2.45) is 0 Å². The third kappa shape index (κ3) is 14.8. The highest BCUT2D eigenvalue weighted by Gasteiger charge is 2.37. The number of ether oxygens (including phenoxy) is 1. The van der Waals surface area contributed by atoms with Crippen LogP contribution < -0.4 is 35.1 Å². The summed E-state index contributed by atoms with van der Waals surface area (Å²) in [6.45, 7) is 5.84. The van der Waals surface area contributed by atoms with Crippen LogP contribution in [-0.4, -0.2) is 116 Å². The number of benzene rings is 2. The van der Waals surface area contributed by atoms with E-state index in [1.54, 1.807) is 44.9 Å². The number of rotatable bonds is 21. The van der Waals surface area contributed by atoms with Crippen molar-refractivity contribution >= 4 is 81.2 Å². The van der Waals surface area contributed by atoms with E-state index in [0.717, 1.165) is 39.5 Å². The van der Waals surface area contributed by atoms with Gasteiger partial charge in [0.15, 0.2) is 18.6 Å². The standard InChI is InChI=1S/C45H52N6O8S2/c1-3-32(4-5-33-8-12-36(13-9-33)50-29-38(52)26-40(50)44(56)57)16-19-46-28-42(54)47-20-24-60-61-25-21-48-43(55)31-49-22-17-35(18-23-49)7-6-34-10-14-37(15-11-34)51-30-39(53)27-41(51)45(58)59-2/h3-19,22-23,38-41,52-53H,1,20-21,24-31H2,2H3,(H2-,47,48,54,55,56,57)/p+1/b5-4+,32-16+,46-19?. The Balaban J connectivity index is 0.904. The van der Waals surface area contributed by atoms with Crippen LogP contribution in [0.5, 0.6) is 0 Å². The number of carboxylic acid groups (broad SMARTS) is 1. The molecule has 2 aliphatic rings. The van der Waals surface area contributed by atoms with Crippen LogP contribution in [0.1, 0.15) is 29.5 Å². The summed E-state index contributed by atoms with van der Waals surface area (Å²) in [6, 6.07) is 17.7. The van der Waals surface area contributed by atoms with Gasteiger partial charge in [-0.05, 0) is 46.5 Å². The monoisotopic (exact) mass is 869 g/mol. The summed E-state index contributed by atoms with van der Waals surface area (Å²) in [5.74, 6) is -0.307. The second-order valence-corrected chi connectivity index (χ2v) is 17.1. The fourth-order valence-corrected chi connectivity index (χ4v) is 8.58. The van der Waals surface area contributed by atoms with Gasteiger partial charge >= 0.3 is 5.97 Å². The van der Waals surface area contributed by atoms with Crippen LogP contribution >= 0.6 is 21.6 Å². The fourth-order valence-electron chi connectivity index (χ4n) is 6.77. The molecule has 2 aromatic carbocycles. The predicted octanol–water partition coefficient (Wildman–Crippen LogP) is 0.538. The Bertz CT molecular complexity index is 2080. The molecule has 3 aromatic rings. The molecule has 322 valence electrons. The van der Waals surface area contributed by atoms with Crippen molar-refractivity contribution in [1.82, 2.24) is 10.6 Å². The number of aliphatic hydroxyl groups excluding tert-OH is 2. The molecule has 2 amide bonds. The maximum absolute atomic E-state index is 12.5. The summed E-state index contributed by atoms with van der Waals surface area (Å²) in [7, 11) is 4.61. The van der Waals surface area contributed by atoms with E-state index in [1.165, 1.54) is 7.11 Å². The molecule has 0 bridgehead atoms. The number of nitrogens with one attached hydrogen (secondary N) is 3. The number of methoxy groups -OCH3 is 1. The molecule has 1 aromatic heterocycles. The molecule has 2 fully saturated rings. The molecule has 5 N–H and O–H groups in total. The number of hydrogen-bond donors (Lipinski definition) is 5. The zero-order valence-electron chi connectivity index (χ0n) is 34.1. The molecule has 0 spiro atoms. The van der Waals surface area contributed by atoms with Crippen LogP contribution in [0, 0.1) is 0 Å². The lowest BCUT2D eigenvalue weighted by Crippen LogP contribution is -2.72. The van der Waals surface area contributed by atoms with Crippen molar-refractivity contribution in [3.05, 3.63) is 120 Å². The third-order valence-electron chi connectivity index (χ3n) is 9.92. The van der Waals surface area contributed by atoms with Gasteiger partial charge in [-0.2, -0.15) is 4.57 Å². The summed E-state index contributed by atoms with van der Waals surface area (Å²) < 4.78 is 6.72. The SMILES string of the molecule is C=CC(/C=C/c1ccc(N2CC(O)CC2C(=O)[O-])cc1)=C\C=[NH+]CC(=O)NCCSSCCNC(=O)C[n+]1ccc(/C=C/c2ccc(N3CC(O)CC3C(=O)OC)cc2)cc1. The molecule has 3 heterocycles. The number of anilines is 2.